The van der Waals surface area contributed by atoms with Crippen molar-refractivity contribution in [2.24, 2.45) is 0 Å². The van der Waals surface area contributed by atoms with E-state index in [9.17, 15) is 0 Å². The number of rotatable bonds is 4. The molecule has 0 spiro atoms. The lowest BCUT2D eigenvalue weighted by atomic mass is 9.43. The van der Waals surface area contributed by atoms with E-state index < -0.39 is 0 Å². The number of nitrogens with zero attached hydrogens (tertiary/aromatic N) is 2. The van der Waals surface area contributed by atoms with Gasteiger partial charge in [-0.15, -0.1) is 0 Å². The van der Waals surface area contributed by atoms with Crippen molar-refractivity contribution in [3.8, 4) is 33.4 Å². The van der Waals surface area contributed by atoms with E-state index in [0.717, 1.165) is 33.3 Å². The van der Waals surface area contributed by atoms with Crippen molar-refractivity contribution in [1.82, 2.24) is 0 Å². The Hall–Kier alpha value is -6.78. The zero-order chi connectivity index (χ0) is 40.9. The first-order valence-electron chi connectivity index (χ1n) is 21.2. The molecule has 8 aromatic carbocycles. The normalized spacial score (nSPS) is 13.4. The Morgan fingerprint density at radius 2 is 1.07 bits per heavy atom. The van der Waals surface area contributed by atoms with Gasteiger partial charge in [0, 0.05) is 50.7 Å². The van der Waals surface area contributed by atoms with E-state index in [4.69, 9.17) is 4.42 Å². The summed E-state index contributed by atoms with van der Waals surface area (Å²) in [4.78, 5) is 5.15. The molecule has 2 aliphatic rings. The summed E-state index contributed by atoms with van der Waals surface area (Å²) in [6, 6.07) is 65.2. The number of para-hydroxylation sites is 2. The van der Waals surface area contributed by atoms with Crippen LogP contribution in [0.25, 0.3) is 55.3 Å². The van der Waals surface area contributed by atoms with Crippen LogP contribution in [0.1, 0.15) is 52.7 Å². The highest BCUT2D eigenvalue weighted by atomic mass is 16.3. The van der Waals surface area contributed by atoms with Crippen molar-refractivity contribution in [2.45, 2.75) is 52.4 Å². The molecule has 0 aliphatic carbocycles. The molecule has 9 aromatic rings. The monoisotopic (exact) mass is 774 g/mol. The quantitative estimate of drug-likeness (QED) is 0.166. The average molecular weight is 775 g/mol. The maximum Gasteiger partial charge on any atom is 0.333 e. The van der Waals surface area contributed by atoms with Crippen LogP contribution in [0.3, 0.4) is 0 Å². The Morgan fingerprint density at radius 1 is 0.417 bits per heavy atom. The van der Waals surface area contributed by atoms with Crippen LogP contribution in [0.15, 0.2) is 180 Å². The second-order valence-corrected chi connectivity index (χ2v) is 18.6. The van der Waals surface area contributed by atoms with Crippen LogP contribution < -0.4 is 20.6 Å². The molecular formula is C56H47BN2O. The fourth-order valence-corrected chi connectivity index (χ4v) is 9.64. The Kier molecular flexibility index (Phi) is 8.09. The minimum atomic E-state index is -0.131. The van der Waals surface area contributed by atoms with Crippen molar-refractivity contribution < 1.29 is 4.42 Å². The summed E-state index contributed by atoms with van der Waals surface area (Å²) in [6.45, 7) is 13.6. The molecule has 0 saturated carbocycles. The summed E-state index contributed by atoms with van der Waals surface area (Å²) < 4.78 is 6.74. The van der Waals surface area contributed by atoms with E-state index in [1.165, 1.54) is 72.5 Å². The molecule has 0 saturated heterocycles. The summed E-state index contributed by atoms with van der Waals surface area (Å²) in [6.07, 6.45) is 0. The Labute approximate surface area is 353 Å². The van der Waals surface area contributed by atoms with Crippen molar-refractivity contribution in [1.29, 1.82) is 0 Å². The predicted octanol–water partition coefficient (Wildman–Crippen LogP) is 14.2. The first-order chi connectivity index (χ1) is 29.0. The van der Waals surface area contributed by atoms with Crippen molar-refractivity contribution in [3.63, 3.8) is 0 Å². The number of benzene rings is 8. The van der Waals surface area contributed by atoms with Gasteiger partial charge in [-0.2, -0.15) is 0 Å². The van der Waals surface area contributed by atoms with Crippen LogP contribution in [0.5, 0.6) is 0 Å². The fraction of sp³-hybridized carbons (Fsp3) is 0.143. The summed E-state index contributed by atoms with van der Waals surface area (Å²) in [5.41, 5.74) is 20.0. The van der Waals surface area contributed by atoms with Gasteiger partial charge in [-0.25, -0.2) is 0 Å². The molecule has 0 unspecified atom stereocenters. The van der Waals surface area contributed by atoms with Crippen molar-refractivity contribution >= 4 is 68.1 Å². The van der Waals surface area contributed by atoms with Crippen LogP contribution in [0.4, 0.5) is 28.4 Å². The highest BCUT2D eigenvalue weighted by Crippen LogP contribution is 2.51. The van der Waals surface area contributed by atoms with Gasteiger partial charge in [-0.05, 0) is 104 Å². The molecule has 3 heterocycles. The van der Waals surface area contributed by atoms with Crippen LogP contribution in [0.2, 0.25) is 0 Å². The molecule has 2 aliphatic heterocycles. The molecule has 60 heavy (non-hydrogen) atoms. The molecule has 1 aromatic heterocycles. The van der Waals surface area contributed by atoms with Crippen LogP contribution in [0, 0.1) is 0 Å². The van der Waals surface area contributed by atoms with Gasteiger partial charge in [-0.1, -0.05) is 163 Å². The van der Waals surface area contributed by atoms with Gasteiger partial charge < -0.3 is 14.1 Å². The number of fused-ring (bicyclic) bond motifs is 7. The lowest BCUT2D eigenvalue weighted by Crippen LogP contribution is -2.61. The summed E-state index contributed by atoms with van der Waals surface area (Å²) in [5.74, 6) is 0. The Morgan fingerprint density at radius 3 is 1.80 bits per heavy atom. The molecule has 0 fully saturated rings. The molecule has 290 valence electrons. The Balaban J connectivity index is 1.29. The third kappa shape index (κ3) is 5.73. The molecular weight excluding hydrogens is 727 g/mol. The van der Waals surface area contributed by atoms with Gasteiger partial charge in [-0.3, -0.25) is 0 Å². The molecule has 0 N–H and O–H groups in total. The summed E-state index contributed by atoms with van der Waals surface area (Å²) >= 11 is 0. The minimum absolute atomic E-state index is 0.0352. The standard InChI is InChI=1S/C56H47BN2O/c1-55(2,3)39-25-28-41(29-26-39)59-49-23-15-13-21-42(49)46-31-38(36-17-9-7-10-18-36)32-51-54(46)57(59)47-34-45-43-22-14-16-24-52(43)60-53(45)35-50(47)58(51)48-30-27-40(56(4,5)6)33-44(48)37-19-11-8-12-20-37/h7-35H,1-6H3. The third-order valence-corrected chi connectivity index (χ3v) is 12.8. The van der Waals surface area contributed by atoms with E-state index in [1.54, 1.807) is 0 Å². The van der Waals surface area contributed by atoms with Gasteiger partial charge in [0.1, 0.15) is 11.2 Å². The topological polar surface area (TPSA) is 19.6 Å². The molecule has 0 bridgehead atoms. The van der Waals surface area contributed by atoms with E-state index in [2.05, 4.69) is 227 Å². The van der Waals surface area contributed by atoms with Gasteiger partial charge in [0.15, 0.2) is 0 Å². The van der Waals surface area contributed by atoms with E-state index >= 15 is 0 Å². The highest BCUT2D eigenvalue weighted by Gasteiger charge is 2.46. The third-order valence-electron chi connectivity index (χ3n) is 12.8. The predicted molar refractivity (Wildman–Crippen MR) is 256 cm³/mol. The van der Waals surface area contributed by atoms with Crippen LogP contribution in [-0.4, -0.2) is 6.85 Å². The lowest BCUT2D eigenvalue weighted by molar-refractivity contribution is 0.590. The van der Waals surface area contributed by atoms with Crippen molar-refractivity contribution in [3.05, 3.63) is 187 Å². The minimum Gasteiger partial charge on any atom is -0.456 e. The maximum absolute atomic E-state index is 6.74. The molecule has 0 radical (unpaired) electrons. The van der Waals surface area contributed by atoms with Gasteiger partial charge >= 0.3 is 6.85 Å². The lowest BCUT2D eigenvalue weighted by Gasteiger charge is -2.46. The second-order valence-electron chi connectivity index (χ2n) is 18.6. The van der Waals surface area contributed by atoms with E-state index in [-0.39, 0.29) is 17.7 Å². The molecule has 0 amide bonds. The SMILES string of the molecule is CC(C)(C)c1ccc(N2B3c4cc5c(cc4N(c4ccc(C(C)(C)C)cc4-c4ccccc4)c4cc(-c6ccccc6)cc(c43)-c3ccccc32)oc2ccccc25)cc1. The molecule has 3 nitrogen and oxygen atoms in total. The molecule has 11 rings (SSSR count). The number of furan rings is 1. The first-order valence-corrected chi connectivity index (χ1v) is 21.2. The summed E-state index contributed by atoms with van der Waals surface area (Å²) in [5, 5.41) is 2.26. The smallest absolute Gasteiger partial charge is 0.333 e. The van der Waals surface area contributed by atoms with Crippen LogP contribution in [-0.2, 0) is 10.8 Å². The number of anilines is 5. The largest absolute Gasteiger partial charge is 0.456 e. The average Bonchev–Trinajstić information content (AvgIpc) is 3.63. The van der Waals surface area contributed by atoms with Gasteiger partial charge in [0.05, 0.1) is 5.69 Å². The number of hydrogen-bond donors (Lipinski definition) is 0. The first kappa shape index (κ1) is 36.3. The molecule has 4 heteroatoms. The Bertz CT molecular complexity index is 3110. The van der Waals surface area contributed by atoms with Crippen LogP contribution >= 0.6 is 0 Å². The highest BCUT2D eigenvalue weighted by molar-refractivity contribution is 6.93. The van der Waals surface area contributed by atoms with E-state index in [1.807, 2.05) is 0 Å². The maximum atomic E-state index is 6.74. The summed E-state index contributed by atoms with van der Waals surface area (Å²) in [7, 11) is 0. The van der Waals surface area contributed by atoms with Gasteiger partial charge in [0.25, 0.3) is 0 Å². The van der Waals surface area contributed by atoms with Crippen molar-refractivity contribution in [2.75, 3.05) is 9.71 Å². The van der Waals surface area contributed by atoms with Gasteiger partial charge in [0.2, 0.25) is 0 Å². The zero-order valence-electron chi connectivity index (χ0n) is 35.1. The zero-order valence-corrected chi connectivity index (χ0v) is 35.1. The second kappa shape index (κ2) is 13.4. The van der Waals surface area contributed by atoms with E-state index in [0.29, 0.717) is 0 Å². The fourth-order valence-electron chi connectivity index (χ4n) is 9.64. The molecule has 0 atom stereocenters. The number of hydrogen-bond acceptors (Lipinski definition) is 3.